The van der Waals surface area contributed by atoms with Gasteiger partial charge >= 0.3 is 0 Å². The van der Waals surface area contributed by atoms with Gasteiger partial charge in [-0.15, -0.1) is 11.6 Å². The largest absolute Gasteiger partial charge is 0.338 e. The average molecular weight is 364 g/mol. The molecule has 2 aliphatic rings. The van der Waals surface area contributed by atoms with Crippen LogP contribution in [0.4, 0.5) is 0 Å². The molecule has 0 aromatic heterocycles. The van der Waals surface area contributed by atoms with Gasteiger partial charge in [-0.3, -0.25) is 24.1 Å². The number of carbonyl (C=O) groups is 4. The lowest BCUT2D eigenvalue weighted by atomic mass is 10.1. The van der Waals surface area contributed by atoms with E-state index in [1.807, 2.05) is 0 Å². The predicted octanol–water partition coefficient (Wildman–Crippen LogP) is 0.581. The highest BCUT2D eigenvalue weighted by atomic mass is 35.5. The molecule has 1 aromatic rings. The maximum absolute atomic E-state index is 12.5. The van der Waals surface area contributed by atoms with Crippen LogP contribution in [0.3, 0.4) is 0 Å². The molecular formula is C17H18ClN3O4. The summed E-state index contributed by atoms with van der Waals surface area (Å²) < 4.78 is 0. The van der Waals surface area contributed by atoms with Gasteiger partial charge in [0.15, 0.2) is 0 Å². The SMILES string of the molecule is CC(Cl)C(=O)N1CCN(C(=O)CN2C(=O)c3ccccc3C2=O)CC1. The van der Waals surface area contributed by atoms with Crippen LogP contribution in [0.2, 0.25) is 0 Å². The average Bonchev–Trinajstić information content (AvgIpc) is 2.86. The van der Waals surface area contributed by atoms with Gasteiger partial charge in [0.2, 0.25) is 11.8 Å². The summed E-state index contributed by atoms with van der Waals surface area (Å²) in [5, 5.41) is -0.597. The molecule has 2 heterocycles. The minimum Gasteiger partial charge on any atom is -0.338 e. The number of halogens is 1. The zero-order chi connectivity index (χ0) is 18.1. The quantitative estimate of drug-likeness (QED) is 0.581. The summed E-state index contributed by atoms with van der Waals surface area (Å²) in [7, 11) is 0. The number of fused-ring (bicyclic) bond motifs is 1. The second-order valence-corrected chi connectivity index (χ2v) is 6.72. The van der Waals surface area contributed by atoms with Crippen molar-refractivity contribution in [2.75, 3.05) is 32.7 Å². The van der Waals surface area contributed by atoms with Gasteiger partial charge in [-0.2, -0.15) is 0 Å². The summed E-state index contributed by atoms with van der Waals surface area (Å²) in [6, 6.07) is 6.53. The predicted molar refractivity (Wildman–Crippen MR) is 90.3 cm³/mol. The van der Waals surface area contributed by atoms with Crippen molar-refractivity contribution >= 4 is 35.2 Å². The van der Waals surface area contributed by atoms with Gasteiger partial charge < -0.3 is 9.80 Å². The fourth-order valence-electron chi connectivity index (χ4n) is 3.05. The van der Waals surface area contributed by atoms with E-state index < -0.39 is 17.2 Å². The van der Waals surface area contributed by atoms with Gasteiger partial charge in [-0.1, -0.05) is 12.1 Å². The van der Waals surface area contributed by atoms with E-state index in [1.54, 1.807) is 41.0 Å². The molecule has 1 aromatic carbocycles. The number of piperazine rings is 1. The Kier molecular flexibility index (Phi) is 4.76. The van der Waals surface area contributed by atoms with Gasteiger partial charge in [0, 0.05) is 26.2 Å². The topological polar surface area (TPSA) is 78.0 Å². The third-order valence-electron chi connectivity index (χ3n) is 4.46. The number of hydrogen-bond donors (Lipinski definition) is 0. The first-order valence-electron chi connectivity index (χ1n) is 8.06. The van der Waals surface area contributed by atoms with E-state index in [-0.39, 0.29) is 18.4 Å². The summed E-state index contributed by atoms with van der Waals surface area (Å²) in [5.41, 5.74) is 0.652. The van der Waals surface area contributed by atoms with Crippen LogP contribution in [0.25, 0.3) is 0 Å². The molecule has 2 aliphatic heterocycles. The summed E-state index contributed by atoms with van der Waals surface area (Å²) in [5.74, 6) is -1.35. The summed E-state index contributed by atoms with van der Waals surface area (Å²) in [6.45, 7) is 2.83. The fraction of sp³-hybridized carbons (Fsp3) is 0.412. The number of carbonyl (C=O) groups excluding carboxylic acids is 4. The van der Waals surface area contributed by atoms with Crippen LogP contribution >= 0.6 is 11.6 Å². The lowest BCUT2D eigenvalue weighted by Crippen LogP contribution is -2.54. The van der Waals surface area contributed by atoms with Crippen molar-refractivity contribution in [3.63, 3.8) is 0 Å². The molecular weight excluding hydrogens is 346 g/mol. The van der Waals surface area contributed by atoms with Crippen molar-refractivity contribution in [2.45, 2.75) is 12.3 Å². The van der Waals surface area contributed by atoms with Crippen LogP contribution in [-0.2, 0) is 9.59 Å². The molecule has 4 amide bonds. The lowest BCUT2D eigenvalue weighted by molar-refractivity contribution is -0.139. The second-order valence-electron chi connectivity index (χ2n) is 6.06. The second kappa shape index (κ2) is 6.84. The van der Waals surface area contributed by atoms with Crippen LogP contribution in [0, 0.1) is 0 Å². The minimum absolute atomic E-state index is 0.158. The number of hydrogen-bond acceptors (Lipinski definition) is 4. The van der Waals surface area contributed by atoms with Crippen molar-refractivity contribution in [3.05, 3.63) is 35.4 Å². The van der Waals surface area contributed by atoms with E-state index >= 15 is 0 Å². The maximum Gasteiger partial charge on any atom is 0.262 e. The van der Waals surface area contributed by atoms with Gasteiger partial charge in [0.1, 0.15) is 11.9 Å². The van der Waals surface area contributed by atoms with E-state index in [9.17, 15) is 19.2 Å². The normalized spacial score (nSPS) is 18.4. The van der Waals surface area contributed by atoms with Crippen molar-refractivity contribution in [3.8, 4) is 0 Å². The van der Waals surface area contributed by atoms with Crippen molar-refractivity contribution in [1.82, 2.24) is 14.7 Å². The minimum atomic E-state index is -0.597. The maximum atomic E-state index is 12.5. The molecule has 25 heavy (non-hydrogen) atoms. The fourth-order valence-corrected chi connectivity index (χ4v) is 3.18. The molecule has 7 nitrogen and oxygen atoms in total. The first-order chi connectivity index (χ1) is 11.9. The smallest absolute Gasteiger partial charge is 0.262 e. The number of imide groups is 1. The molecule has 3 rings (SSSR count). The van der Waals surface area contributed by atoms with Gasteiger partial charge in [-0.25, -0.2) is 0 Å². The molecule has 0 saturated carbocycles. The summed E-state index contributed by atoms with van der Waals surface area (Å²) in [4.78, 5) is 53.1. The Balaban J connectivity index is 1.60. The molecule has 8 heteroatoms. The molecule has 0 N–H and O–H groups in total. The van der Waals surface area contributed by atoms with Crippen LogP contribution in [0.5, 0.6) is 0 Å². The van der Waals surface area contributed by atoms with E-state index in [0.717, 1.165) is 4.90 Å². The van der Waals surface area contributed by atoms with Gasteiger partial charge in [0.05, 0.1) is 11.1 Å². The third kappa shape index (κ3) is 3.24. The lowest BCUT2D eigenvalue weighted by Gasteiger charge is -2.35. The Morgan fingerprint density at radius 2 is 1.48 bits per heavy atom. The molecule has 132 valence electrons. The molecule has 1 unspecified atom stereocenters. The third-order valence-corrected chi connectivity index (χ3v) is 4.64. The highest BCUT2D eigenvalue weighted by Crippen LogP contribution is 2.22. The van der Waals surface area contributed by atoms with Gasteiger partial charge in [-0.05, 0) is 19.1 Å². The zero-order valence-corrected chi connectivity index (χ0v) is 14.5. The number of alkyl halides is 1. The van der Waals surface area contributed by atoms with E-state index in [2.05, 4.69) is 0 Å². The number of amides is 4. The van der Waals surface area contributed by atoms with Crippen molar-refractivity contribution in [1.29, 1.82) is 0 Å². The molecule has 1 fully saturated rings. The Bertz CT molecular complexity index is 706. The molecule has 0 aliphatic carbocycles. The first kappa shape index (κ1) is 17.4. The zero-order valence-electron chi connectivity index (χ0n) is 13.8. The summed E-state index contributed by atoms with van der Waals surface area (Å²) in [6.07, 6.45) is 0. The monoisotopic (exact) mass is 363 g/mol. The van der Waals surface area contributed by atoms with E-state index in [4.69, 9.17) is 11.6 Å². The Morgan fingerprint density at radius 3 is 1.96 bits per heavy atom. The van der Waals surface area contributed by atoms with Crippen LogP contribution < -0.4 is 0 Å². The molecule has 1 saturated heterocycles. The van der Waals surface area contributed by atoms with E-state index in [0.29, 0.717) is 37.3 Å². The summed E-state index contributed by atoms with van der Waals surface area (Å²) >= 11 is 5.80. The number of benzene rings is 1. The van der Waals surface area contributed by atoms with E-state index in [1.165, 1.54) is 0 Å². The van der Waals surface area contributed by atoms with Crippen LogP contribution in [-0.4, -0.2) is 76.4 Å². The first-order valence-corrected chi connectivity index (χ1v) is 8.49. The molecule has 0 bridgehead atoms. The standard InChI is InChI=1S/C17H18ClN3O4/c1-11(18)15(23)20-8-6-19(7-9-20)14(22)10-21-16(24)12-4-2-3-5-13(12)17(21)25/h2-5,11H,6-10H2,1H3. The molecule has 0 radical (unpaired) electrons. The van der Waals surface area contributed by atoms with Gasteiger partial charge in [0.25, 0.3) is 11.8 Å². The Hall–Kier alpha value is -2.41. The van der Waals surface area contributed by atoms with Crippen molar-refractivity contribution < 1.29 is 19.2 Å². The van der Waals surface area contributed by atoms with Crippen LogP contribution in [0.1, 0.15) is 27.6 Å². The highest BCUT2D eigenvalue weighted by molar-refractivity contribution is 6.30. The Morgan fingerprint density at radius 1 is 1.00 bits per heavy atom. The van der Waals surface area contributed by atoms with Crippen LogP contribution in [0.15, 0.2) is 24.3 Å². The molecule has 0 spiro atoms. The number of rotatable bonds is 3. The highest BCUT2D eigenvalue weighted by Gasteiger charge is 2.37. The molecule has 1 atom stereocenters. The number of nitrogens with zero attached hydrogens (tertiary/aromatic N) is 3. The van der Waals surface area contributed by atoms with Crippen molar-refractivity contribution in [2.24, 2.45) is 0 Å². The Labute approximate surface area is 150 Å².